The van der Waals surface area contributed by atoms with Crippen molar-refractivity contribution in [2.24, 2.45) is 0 Å². The van der Waals surface area contributed by atoms with E-state index >= 15 is 0 Å². The number of aryl methyl sites for hydroxylation is 1. The number of carbonyl (C=O) groups is 1. The third-order valence-electron chi connectivity index (χ3n) is 2.98. The van der Waals surface area contributed by atoms with Crippen molar-refractivity contribution in [2.75, 3.05) is 5.32 Å². The molecule has 2 aromatic carbocycles. The number of benzene rings is 2. The van der Waals surface area contributed by atoms with Gasteiger partial charge in [-0.1, -0.05) is 29.3 Å². The number of anilines is 1. The number of phenolic OH excluding ortho intramolecular Hbond substituents is 1. The highest BCUT2D eigenvalue weighted by Crippen LogP contribution is 2.29. The van der Waals surface area contributed by atoms with E-state index in [-0.39, 0.29) is 5.75 Å². The predicted molar refractivity (Wildman–Crippen MR) is 88.0 cm³/mol. The van der Waals surface area contributed by atoms with E-state index in [9.17, 15) is 9.90 Å². The van der Waals surface area contributed by atoms with Crippen LogP contribution in [0.3, 0.4) is 0 Å². The van der Waals surface area contributed by atoms with Crippen LogP contribution in [0.4, 0.5) is 5.69 Å². The maximum atomic E-state index is 12.1. The fourth-order valence-corrected chi connectivity index (χ4v) is 2.25. The Morgan fingerprint density at radius 2 is 1.95 bits per heavy atom. The summed E-state index contributed by atoms with van der Waals surface area (Å²) in [4.78, 5) is 12.1. The van der Waals surface area contributed by atoms with Crippen molar-refractivity contribution in [3.05, 3.63) is 52.0 Å². The molecule has 1 amide bonds. The van der Waals surface area contributed by atoms with Crippen molar-refractivity contribution in [1.82, 2.24) is 0 Å². The summed E-state index contributed by atoms with van der Waals surface area (Å²) in [6, 6.07) is 9.74. The Kier molecular flexibility index (Phi) is 5.16. The quantitative estimate of drug-likeness (QED) is 0.811. The van der Waals surface area contributed by atoms with Crippen molar-refractivity contribution in [3.63, 3.8) is 0 Å². The number of halogens is 2. The molecule has 2 rings (SSSR count). The smallest absolute Gasteiger partial charge is 0.265 e. The van der Waals surface area contributed by atoms with E-state index in [0.29, 0.717) is 21.5 Å². The molecular formula is C16H15Cl2NO3. The second-order valence-electron chi connectivity index (χ2n) is 4.84. The fourth-order valence-electron chi connectivity index (χ4n) is 1.80. The predicted octanol–water partition coefficient (Wildman–Crippen LogP) is 4.41. The van der Waals surface area contributed by atoms with E-state index in [1.165, 1.54) is 6.07 Å². The van der Waals surface area contributed by atoms with Crippen molar-refractivity contribution >= 4 is 34.8 Å². The first-order valence-corrected chi connectivity index (χ1v) is 7.34. The zero-order chi connectivity index (χ0) is 16.3. The zero-order valence-electron chi connectivity index (χ0n) is 12.1. The lowest BCUT2D eigenvalue weighted by Crippen LogP contribution is -2.30. The number of rotatable bonds is 4. The standard InChI is InChI=1S/C16H15Cl2NO3/c1-9-3-5-13(14(20)7-9)19-16(21)10(2)22-15-6-4-11(17)8-12(15)18/h3-8,10,20H,1-2H3,(H,19,21). The molecule has 116 valence electrons. The van der Waals surface area contributed by atoms with Gasteiger partial charge in [0.2, 0.25) is 0 Å². The van der Waals surface area contributed by atoms with Crippen LogP contribution in [-0.2, 0) is 4.79 Å². The van der Waals surface area contributed by atoms with Crippen molar-refractivity contribution < 1.29 is 14.6 Å². The highest BCUT2D eigenvalue weighted by atomic mass is 35.5. The van der Waals surface area contributed by atoms with Gasteiger partial charge in [-0.25, -0.2) is 0 Å². The van der Waals surface area contributed by atoms with Crippen molar-refractivity contribution in [3.8, 4) is 11.5 Å². The molecule has 0 spiro atoms. The molecule has 0 bridgehead atoms. The average molecular weight is 340 g/mol. The minimum absolute atomic E-state index is 0.00470. The van der Waals surface area contributed by atoms with Gasteiger partial charge in [0.05, 0.1) is 10.7 Å². The van der Waals surface area contributed by atoms with Gasteiger partial charge in [0.15, 0.2) is 6.10 Å². The Bertz CT molecular complexity index is 704. The summed E-state index contributed by atoms with van der Waals surface area (Å²) in [7, 11) is 0. The van der Waals surface area contributed by atoms with Crippen LogP contribution in [-0.4, -0.2) is 17.1 Å². The van der Waals surface area contributed by atoms with E-state index in [4.69, 9.17) is 27.9 Å². The Morgan fingerprint density at radius 3 is 2.59 bits per heavy atom. The zero-order valence-corrected chi connectivity index (χ0v) is 13.6. The number of carbonyl (C=O) groups excluding carboxylic acids is 1. The van der Waals surface area contributed by atoms with Crippen LogP contribution < -0.4 is 10.1 Å². The van der Waals surface area contributed by atoms with Crippen LogP contribution in [0.5, 0.6) is 11.5 Å². The molecular weight excluding hydrogens is 325 g/mol. The van der Waals surface area contributed by atoms with Gasteiger partial charge in [0.1, 0.15) is 11.5 Å². The minimum atomic E-state index is -0.792. The molecule has 6 heteroatoms. The first kappa shape index (κ1) is 16.5. The first-order valence-electron chi connectivity index (χ1n) is 6.59. The first-order chi connectivity index (χ1) is 10.4. The molecule has 0 radical (unpaired) electrons. The van der Waals surface area contributed by atoms with Crippen LogP contribution in [0, 0.1) is 6.92 Å². The number of phenols is 1. The summed E-state index contributed by atoms with van der Waals surface area (Å²) in [6.07, 6.45) is -0.792. The summed E-state index contributed by atoms with van der Waals surface area (Å²) in [5.41, 5.74) is 1.22. The Balaban J connectivity index is 2.05. The third kappa shape index (κ3) is 4.06. The van der Waals surface area contributed by atoms with Crippen LogP contribution in [0.25, 0.3) is 0 Å². The summed E-state index contributed by atoms with van der Waals surface area (Å²) < 4.78 is 5.51. The lowest BCUT2D eigenvalue weighted by Gasteiger charge is -2.16. The van der Waals surface area contributed by atoms with Crippen LogP contribution in [0.15, 0.2) is 36.4 Å². The lowest BCUT2D eigenvalue weighted by molar-refractivity contribution is -0.122. The molecule has 2 N–H and O–H groups in total. The van der Waals surface area contributed by atoms with E-state index in [2.05, 4.69) is 5.32 Å². The molecule has 0 fully saturated rings. The minimum Gasteiger partial charge on any atom is -0.506 e. The molecule has 0 aromatic heterocycles. The molecule has 0 aliphatic rings. The Morgan fingerprint density at radius 1 is 1.23 bits per heavy atom. The van der Waals surface area contributed by atoms with E-state index in [1.807, 2.05) is 6.92 Å². The second-order valence-corrected chi connectivity index (χ2v) is 5.69. The molecule has 0 aliphatic carbocycles. The van der Waals surface area contributed by atoms with E-state index < -0.39 is 12.0 Å². The molecule has 1 unspecified atom stereocenters. The van der Waals surface area contributed by atoms with Gasteiger partial charge in [-0.05, 0) is 49.7 Å². The highest BCUT2D eigenvalue weighted by molar-refractivity contribution is 6.35. The van der Waals surface area contributed by atoms with Crippen LogP contribution in [0.2, 0.25) is 10.0 Å². The monoisotopic (exact) mass is 339 g/mol. The second kappa shape index (κ2) is 6.90. The molecule has 1 atom stereocenters. The van der Waals surface area contributed by atoms with E-state index in [0.717, 1.165) is 5.56 Å². The molecule has 0 saturated carbocycles. The number of nitrogens with one attached hydrogen (secondary N) is 1. The van der Waals surface area contributed by atoms with Gasteiger partial charge in [-0.2, -0.15) is 0 Å². The van der Waals surface area contributed by atoms with Gasteiger partial charge in [-0.3, -0.25) is 4.79 Å². The maximum Gasteiger partial charge on any atom is 0.265 e. The largest absolute Gasteiger partial charge is 0.506 e. The molecule has 0 saturated heterocycles. The number of ether oxygens (including phenoxy) is 1. The van der Waals surface area contributed by atoms with Crippen molar-refractivity contribution in [1.29, 1.82) is 0 Å². The molecule has 0 aliphatic heterocycles. The van der Waals surface area contributed by atoms with Gasteiger partial charge < -0.3 is 15.2 Å². The molecule has 4 nitrogen and oxygen atoms in total. The number of hydrogen-bond donors (Lipinski definition) is 2. The lowest BCUT2D eigenvalue weighted by atomic mass is 10.2. The Hall–Kier alpha value is -1.91. The number of aromatic hydroxyl groups is 1. The SMILES string of the molecule is Cc1ccc(NC(=O)C(C)Oc2ccc(Cl)cc2Cl)c(O)c1. The Labute approximate surface area is 138 Å². The maximum absolute atomic E-state index is 12.1. The van der Waals surface area contributed by atoms with Gasteiger partial charge in [-0.15, -0.1) is 0 Å². The summed E-state index contributed by atoms with van der Waals surface area (Å²) in [5, 5.41) is 13.2. The van der Waals surface area contributed by atoms with Crippen molar-refractivity contribution in [2.45, 2.75) is 20.0 Å². The average Bonchev–Trinajstić information content (AvgIpc) is 2.44. The topological polar surface area (TPSA) is 58.6 Å². The fraction of sp³-hybridized carbons (Fsp3) is 0.188. The number of amides is 1. The number of hydrogen-bond acceptors (Lipinski definition) is 3. The third-order valence-corrected chi connectivity index (χ3v) is 3.51. The summed E-state index contributed by atoms with van der Waals surface area (Å²) in [6.45, 7) is 3.44. The molecule has 22 heavy (non-hydrogen) atoms. The summed E-state index contributed by atoms with van der Waals surface area (Å²) in [5.74, 6) is -0.0305. The molecule has 0 heterocycles. The normalized spacial score (nSPS) is 11.8. The highest BCUT2D eigenvalue weighted by Gasteiger charge is 2.17. The van der Waals surface area contributed by atoms with E-state index in [1.54, 1.807) is 37.3 Å². The van der Waals surface area contributed by atoms with Gasteiger partial charge in [0, 0.05) is 5.02 Å². The van der Waals surface area contributed by atoms with Gasteiger partial charge in [0.25, 0.3) is 5.91 Å². The molecule has 2 aromatic rings. The van der Waals surface area contributed by atoms with Crippen LogP contribution in [0.1, 0.15) is 12.5 Å². The van der Waals surface area contributed by atoms with Crippen LogP contribution >= 0.6 is 23.2 Å². The summed E-state index contributed by atoms with van der Waals surface area (Å²) >= 11 is 11.8. The van der Waals surface area contributed by atoms with Gasteiger partial charge >= 0.3 is 0 Å².